The van der Waals surface area contributed by atoms with Crippen molar-refractivity contribution in [3.05, 3.63) is 45.2 Å². The van der Waals surface area contributed by atoms with E-state index in [1.165, 1.54) is 14.2 Å². The first-order valence-electron chi connectivity index (χ1n) is 5.76. The van der Waals surface area contributed by atoms with Crippen LogP contribution in [0.2, 0.25) is 0 Å². The van der Waals surface area contributed by atoms with Crippen molar-refractivity contribution in [3.63, 3.8) is 0 Å². The van der Waals surface area contributed by atoms with Crippen molar-refractivity contribution in [2.45, 2.75) is 20.1 Å². The molecule has 1 aromatic heterocycles. The van der Waals surface area contributed by atoms with Crippen LogP contribution in [0.15, 0.2) is 23.0 Å². The third-order valence-electron chi connectivity index (χ3n) is 3.02. The second kappa shape index (κ2) is 4.92. The molecule has 0 bridgehead atoms. The van der Waals surface area contributed by atoms with E-state index in [2.05, 4.69) is 11.1 Å². The lowest BCUT2D eigenvalue weighted by Crippen LogP contribution is -2.18. The Labute approximate surface area is 106 Å². The topological polar surface area (TPSA) is 51.3 Å². The Morgan fingerprint density at radius 1 is 1.11 bits per heavy atom. The predicted octanol–water partition coefficient (Wildman–Crippen LogP) is 2.44. The summed E-state index contributed by atoms with van der Waals surface area (Å²) >= 11 is 0. The number of pyridine rings is 1. The molecule has 18 heavy (non-hydrogen) atoms. The zero-order valence-electron chi connectivity index (χ0n) is 11.0. The van der Waals surface area contributed by atoms with Crippen molar-refractivity contribution in [1.82, 2.24) is 4.98 Å². The van der Waals surface area contributed by atoms with E-state index >= 15 is 0 Å². The summed E-state index contributed by atoms with van der Waals surface area (Å²) in [6.07, 6.45) is -0.640. The molecule has 0 spiro atoms. The van der Waals surface area contributed by atoms with E-state index in [9.17, 15) is 4.79 Å². The summed E-state index contributed by atoms with van der Waals surface area (Å²) in [6.45, 7) is 4.03. The van der Waals surface area contributed by atoms with Crippen LogP contribution >= 0.6 is 0 Å². The van der Waals surface area contributed by atoms with E-state index in [4.69, 9.17) is 9.47 Å². The summed E-state index contributed by atoms with van der Waals surface area (Å²) in [5.74, 6) is 0. The van der Waals surface area contributed by atoms with Gasteiger partial charge in [-0.3, -0.25) is 4.79 Å². The van der Waals surface area contributed by atoms with E-state index < -0.39 is 6.29 Å². The standard InChI is InChI=1S/C14H17NO3/c1-8-5-9(2)10-7-11(14(17-3)18-4)13(16)15-12(10)6-8/h5-7,14H,1-4H3,(H,15,16). The highest BCUT2D eigenvalue weighted by Crippen LogP contribution is 2.22. The van der Waals surface area contributed by atoms with Crippen LogP contribution in [0.25, 0.3) is 10.9 Å². The maximum Gasteiger partial charge on any atom is 0.256 e. The minimum Gasteiger partial charge on any atom is -0.351 e. The number of benzene rings is 1. The minimum absolute atomic E-state index is 0.179. The number of nitrogens with one attached hydrogen (secondary N) is 1. The minimum atomic E-state index is -0.640. The molecule has 0 amide bonds. The van der Waals surface area contributed by atoms with Crippen LogP contribution in [0.1, 0.15) is 23.0 Å². The van der Waals surface area contributed by atoms with E-state index in [1.807, 2.05) is 26.0 Å². The maximum atomic E-state index is 12.0. The Morgan fingerprint density at radius 2 is 1.78 bits per heavy atom. The SMILES string of the molecule is COC(OC)c1cc2c(C)cc(C)cc2[nH]c1=O. The fourth-order valence-electron chi connectivity index (χ4n) is 2.21. The molecule has 1 N–H and O–H groups in total. The van der Waals surface area contributed by atoms with Crippen molar-refractivity contribution < 1.29 is 9.47 Å². The molecule has 96 valence electrons. The van der Waals surface area contributed by atoms with Gasteiger partial charge in [0, 0.05) is 25.1 Å². The third kappa shape index (κ3) is 2.17. The Kier molecular flexibility index (Phi) is 3.50. The lowest BCUT2D eigenvalue weighted by atomic mass is 10.0. The van der Waals surface area contributed by atoms with Gasteiger partial charge in [0.1, 0.15) is 0 Å². The number of fused-ring (bicyclic) bond motifs is 1. The number of rotatable bonds is 3. The average molecular weight is 247 g/mol. The number of H-pyrrole nitrogens is 1. The summed E-state index contributed by atoms with van der Waals surface area (Å²) < 4.78 is 10.3. The first-order chi connectivity index (χ1) is 8.56. The number of aromatic nitrogens is 1. The van der Waals surface area contributed by atoms with Gasteiger partial charge in [-0.1, -0.05) is 6.07 Å². The number of hydrogen-bond acceptors (Lipinski definition) is 3. The van der Waals surface area contributed by atoms with Crippen molar-refractivity contribution in [1.29, 1.82) is 0 Å². The highest BCUT2D eigenvalue weighted by molar-refractivity contribution is 5.83. The predicted molar refractivity (Wildman–Crippen MR) is 70.8 cm³/mol. The molecule has 0 fully saturated rings. The Hall–Kier alpha value is -1.65. The zero-order chi connectivity index (χ0) is 13.3. The largest absolute Gasteiger partial charge is 0.351 e. The monoisotopic (exact) mass is 247 g/mol. The lowest BCUT2D eigenvalue weighted by Gasteiger charge is -2.14. The molecule has 0 saturated heterocycles. The normalized spacial score (nSPS) is 11.4. The van der Waals surface area contributed by atoms with Crippen molar-refractivity contribution in [3.8, 4) is 0 Å². The molecule has 0 atom stereocenters. The van der Waals surface area contributed by atoms with E-state index in [0.29, 0.717) is 5.56 Å². The van der Waals surface area contributed by atoms with Crippen LogP contribution in [0.4, 0.5) is 0 Å². The van der Waals surface area contributed by atoms with Crippen molar-refractivity contribution in [2.75, 3.05) is 14.2 Å². The maximum absolute atomic E-state index is 12.0. The number of hydrogen-bond donors (Lipinski definition) is 1. The molecule has 2 rings (SSSR count). The fourth-order valence-corrected chi connectivity index (χ4v) is 2.21. The van der Waals surface area contributed by atoms with Crippen LogP contribution in [-0.4, -0.2) is 19.2 Å². The van der Waals surface area contributed by atoms with Crippen molar-refractivity contribution >= 4 is 10.9 Å². The zero-order valence-corrected chi connectivity index (χ0v) is 11.0. The molecule has 4 nitrogen and oxygen atoms in total. The number of methoxy groups -OCH3 is 2. The van der Waals surface area contributed by atoms with Gasteiger partial charge in [-0.05, 0) is 37.1 Å². The summed E-state index contributed by atoms with van der Waals surface area (Å²) in [6, 6.07) is 5.88. The smallest absolute Gasteiger partial charge is 0.256 e. The molecule has 0 unspecified atom stereocenters. The number of ether oxygens (including phenoxy) is 2. The van der Waals surface area contributed by atoms with Gasteiger partial charge in [0.2, 0.25) is 0 Å². The van der Waals surface area contributed by atoms with Gasteiger partial charge in [-0.2, -0.15) is 0 Å². The molecular weight excluding hydrogens is 230 g/mol. The first kappa shape index (κ1) is 12.8. The van der Waals surface area contributed by atoms with Crippen LogP contribution < -0.4 is 5.56 Å². The molecule has 0 radical (unpaired) electrons. The highest BCUT2D eigenvalue weighted by atomic mass is 16.7. The van der Waals surface area contributed by atoms with E-state index in [1.54, 1.807) is 0 Å². The van der Waals surface area contributed by atoms with E-state index in [-0.39, 0.29) is 5.56 Å². The fraction of sp³-hybridized carbons (Fsp3) is 0.357. The van der Waals surface area contributed by atoms with Crippen molar-refractivity contribution in [2.24, 2.45) is 0 Å². The molecule has 0 saturated carbocycles. The summed E-state index contributed by atoms with van der Waals surface area (Å²) in [5, 5.41) is 1.01. The van der Waals surface area contributed by atoms with Gasteiger partial charge in [0.25, 0.3) is 5.56 Å². The van der Waals surface area contributed by atoms with Crippen LogP contribution in [0.5, 0.6) is 0 Å². The van der Waals surface area contributed by atoms with Gasteiger partial charge in [0.05, 0.1) is 5.56 Å². The summed E-state index contributed by atoms with van der Waals surface area (Å²) in [4.78, 5) is 14.9. The molecule has 2 aromatic rings. The lowest BCUT2D eigenvalue weighted by molar-refractivity contribution is -0.106. The molecule has 4 heteroatoms. The van der Waals surface area contributed by atoms with Crippen LogP contribution in [0, 0.1) is 13.8 Å². The molecule has 0 aliphatic rings. The van der Waals surface area contributed by atoms with Gasteiger partial charge in [-0.25, -0.2) is 0 Å². The van der Waals surface area contributed by atoms with Gasteiger partial charge < -0.3 is 14.5 Å². The Bertz CT molecular complexity index is 627. The average Bonchev–Trinajstić information content (AvgIpc) is 2.31. The number of aryl methyl sites for hydroxylation is 2. The van der Waals surface area contributed by atoms with Crippen LogP contribution in [0.3, 0.4) is 0 Å². The molecule has 1 aromatic carbocycles. The molecule has 0 aliphatic carbocycles. The molecule has 1 heterocycles. The number of aromatic amines is 1. The third-order valence-corrected chi connectivity index (χ3v) is 3.02. The first-order valence-corrected chi connectivity index (χ1v) is 5.76. The Morgan fingerprint density at radius 3 is 2.39 bits per heavy atom. The van der Waals surface area contributed by atoms with Gasteiger partial charge >= 0.3 is 0 Å². The quantitative estimate of drug-likeness (QED) is 0.847. The Balaban J connectivity index is 2.72. The summed E-state index contributed by atoms with van der Waals surface area (Å²) in [7, 11) is 3.03. The van der Waals surface area contributed by atoms with Crippen LogP contribution in [-0.2, 0) is 9.47 Å². The molecule has 0 aliphatic heterocycles. The second-order valence-electron chi connectivity index (χ2n) is 4.40. The second-order valence-corrected chi connectivity index (χ2v) is 4.40. The van der Waals surface area contributed by atoms with Gasteiger partial charge in [0.15, 0.2) is 6.29 Å². The van der Waals surface area contributed by atoms with Gasteiger partial charge in [-0.15, -0.1) is 0 Å². The summed E-state index contributed by atoms with van der Waals surface area (Å²) in [5.41, 5.74) is 3.39. The highest BCUT2D eigenvalue weighted by Gasteiger charge is 2.15. The van der Waals surface area contributed by atoms with E-state index in [0.717, 1.165) is 22.0 Å². The molecular formula is C14H17NO3.